The van der Waals surface area contributed by atoms with E-state index in [1.807, 2.05) is 30.3 Å². The number of allylic oxidation sites excluding steroid dienone is 2. The number of rotatable bonds is 5. The second kappa shape index (κ2) is 7.98. The van der Waals surface area contributed by atoms with Crippen molar-refractivity contribution in [3.63, 3.8) is 0 Å². The van der Waals surface area contributed by atoms with E-state index in [4.69, 9.17) is 4.43 Å². The smallest absolute Gasteiger partial charge is 0.326 e. The summed E-state index contributed by atoms with van der Waals surface area (Å²) in [6, 6.07) is 8.82. The van der Waals surface area contributed by atoms with Crippen molar-refractivity contribution < 1.29 is 19.1 Å². The van der Waals surface area contributed by atoms with Crippen molar-refractivity contribution in [3.8, 4) is 0 Å². The third kappa shape index (κ3) is 4.58. The average molecular weight is 416 g/mol. The Balaban J connectivity index is 1.81. The molecule has 1 saturated heterocycles. The fourth-order valence-corrected chi connectivity index (χ4v) is 5.14. The predicted octanol–water partition coefficient (Wildman–Crippen LogP) is 4.80. The van der Waals surface area contributed by atoms with Gasteiger partial charge in [0, 0.05) is 18.9 Å². The van der Waals surface area contributed by atoms with Gasteiger partial charge in [-0.25, -0.2) is 4.79 Å². The van der Waals surface area contributed by atoms with Crippen LogP contribution in [0.5, 0.6) is 0 Å². The van der Waals surface area contributed by atoms with Gasteiger partial charge in [0.2, 0.25) is 14.2 Å². The Kier molecular flexibility index (Phi) is 5.95. The van der Waals surface area contributed by atoms with Gasteiger partial charge in [-0.15, -0.1) is 0 Å². The van der Waals surface area contributed by atoms with Crippen LogP contribution < -0.4 is 0 Å². The summed E-state index contributed by atoms with van der Waals surface area (Å²) >= 11 is 0. The van der Waals surface area contributed by atoms with Crippen molar-refractivity contribution in [1.82, 2.24) is 4.90 Å². The summed E-state index contributed by atoms with van der Waals surface area (Å²) in [5.74, 6) is -0.241. The highest BCUT2D eigenvalue weighted by molar-refractivity contribution is 6.74. The SMILES string of the molecule is CC(C)(C)[Si](C)(C)OC1=C[C@@H]2C[C@@H](C(=O)O)N(Cc3ccccc3)C(=O)[C@@H]2CC1. The molecule has 0 radical (unpaired) electrons. The Hall–Kier alpha value is -2.08. The molecule has 29 heavy (non-hydrogen) atoms. The minimum atomic E-state index is -1.95. The number of hydrogen-bond donors (Lipinski definition) is 1. The van der Waals surface area contributed by atoms with Gasteiger partial charge in [-0.05, 0) is 48.5 Å². The zero-order valence-electron chi connectivity index (χ0n) is 18.1. The van der Waals surface area contributed by atoms with Crippen LogP contribution in [-0.4, -0.2) is 36.2 Å². The van der Waals surface area contributed by atoms with Crippen LogP contribution >= 0.6 is 0 Å². The van der Waals surface area contributed by atoms with Gasteiger partial charge in [-0.2, -0.15) is 0 Å². The summed E-state index contributed by atoms with van der Waals surface area (Å²) in [4.78, 5) is 26.8. The average Bonchev–Trinajstić information content (AvgIpc) is 2.63. The molecule has 0 aromatic heterocycles. The Labute approximate surface area is 174 Å². The van der Waals surface area contributed by atoms with Crippen LogP contribution in [0.25, 0.3) is 0 Å². The van der Waals surface area contributed by atoms with Crippen molar-refractivity contribution in [1.29, 1.82) is 0 Å². The summed E-state index contributed by atoms with van der Waals surface area (Å²) in [6.45, 7) is 11.4. The lowest BCUT2D eigenvalue weighted by Gasteiger charge is -2.44. The molecule has 2 aliphatic rings. The van der Waals surface area contributed by atoms with Gasteiger partial charge in [0.05, 0.1) is 5.76 Å². The number of amides is 1. The topological polar surface area (TPSA) is 66.8 Å². The largest absolute Gasteiger partial charge is 0.547 e. The van der Waals surface area contributed by atoms with E-state index in [2.05, 4.69) is 39.9 Å². The number of aliphatic carboxylic acids is 1. The highest BCUT2D eigenvalue weighted by atomic mass is 28.4. The van der Waals surface area contributed by atoms with Crippen molar-refractivity contribution >= 4 is 20.2 Å². The number of carbonyl (C=O) groups excluding carboxylic acids is 1. The van der Waals surface area contributed by atoms with Crippen molar-refractivity contribution in [2.45, 2.75) is 70.8 Å². The Bertz CT molecular complexity index is 797. The minimum Gasteiger partial charge on any atom is -0.547 e. The maximum atomic E-state index is 13.2. The molecule has 1 aliphatic heterocycles. The maximum absolute atomic E-state index is 13.2. The molecular formula is C23H33NO4Si. The fourth-order valence-electron chi connectivity index (χ4n) is 4.01. The zero-order chi connectivity index (χ0) is 21.4. The van der Waals surface area contributed by atoms with E-state index in [-0.39, 0.29) is 22.8 Å². The molecule has 1 aromatic carbocycles. The molecule has 0 bridgehead atoms. The van der Waals surface area contributed by atoms with E-state index in [1.165, 1.54) is 0 Å². The number of nitrogens with zero attached hydrogens (tertiary/aromatic N) is 1. The molecule has 1 fully saturated rings. The van der Waals surface area contributed by atoms with Gasteiger partial charge in [-0.3, -0.25) is 4.79 Å². The fraction of sp³-hybridized carbons (Fsp3) is 0.565. The Morgan fingerprint density at radius 1 is 1.24 bits per heavy atom. The van der Waals surface area contributed by atoms with Crippen LogP contribution in [0.1, 0.15) is 45.6 Å². The van der Waals surface area contributed by atoms with Crippen LogP contribution in [0.4, 0.5) is 0 Å². The quantitative estimate of drug-likeness (QED) is 0.701. The summed E-state index contributed by atoms with van der Waals surface area (Å²) in [6.07, 6.45) is 3.98. The Morgan fingerprint density at radius 3 is 2.48 bits per heavy atom. The molecule has 0 saturated carbocycles. The van der Waals surface area contributed by atoms with E-state index < -0.39 is 20.3 Å². The minimum absolute atomic E-state index is 0.0415. The van der Waals surface area contributed by atoms with Crippen LogP contribution in [-0.2, 0) is 20.6 Å². The van der Waals surface area contributed by atoms with Crippen molar-refractivity contribution in [2.75, 3.05) is 0 Å². The second-order valence-electron chi connectivity index (χ2n) is 9.85. The highest BCUT2D eigenvalue weighted by Gasteiger charge is 2.46. The molecule has 0 unspecified atom stereocenters. The third-order valence-electron chi connectivity index (χ3n) is 6.76. The number of carbonyl (C=O) groups is 2. The number of benzene rings is 1. The summed E-state index contributed by atoms with van der Waals surface area (Å²) in [7, 11) is -1.95. The standard InChI is InChI=1S/C23H33NO4Si/c1-23(2,3)29(4,5)28-18-11-12-19-17(13-18)14-20(22(26)27)24(21(19)25)15-16-9-7-6-8-10-16/h6-10,13,17,19-20H,11-12,14-15H2,1-5H3,(H,26,27)/t17-,19-,20+/m1/s1. The van der Waals surface area contributed by atoms with Gasteiger partial charge in [0.1, 0.15) is 6.04 Å². The van der Waals surface area contributed by atoms with E-state index >= 15 is 0 Å². The number of likely N-dealkylation sites (tertiary alicyclic amines) is 1. The lowest BCUT2D eigenvalue weighted by Crippen LogP contribution is -2.54. The number of carboxylic acid groups (broad SMARTS) is 1. The van der Waals surface area contributed by atoms with Crippen molar-refractivity contribution in [3.05, 3.63) is 47.7 Å². The number of carboxylic acids is 1. The molecule has 5 nitrogen and oxygen atoms in total. The number of fused-ring (bicyclic) bond motifs is 1. The molecule has 158 valence electrons. The molecule has 3 atom stereocenters. The molecule has 3 rings (SSSR count). The molecule has 0 spiro atoms. The van der Waals surface area contributed by atoms with Crippen LogP contribution in [0.3, 0.4) is 0 Å². The van der Waals surface area contributed by atoms with Crippen LogP contribution in [0.2, 0.25) is 18.1 Å². The lowest BCUT2D eigenvalue weighted by molar-refractivity contribution is -0.159. The predicted molar refractivity (Wildman–Crippen MR) is 116 cm³/mol. The Morgan fingerprint density at radius 2 is 1.90 bits per heavy atom. The molecule has 6 heteroatoms. The number of hydrogen-bond acceptors (Lipinski definition) is 3. The highest BCUT2D eigenvalue weighted by Crippen LogP contribution is 2.43. The van der Waals surface area contributed by atoms with Gasteiger partial charge in [0.15, 0.2) is 0 Å². The molecular weight excluding hydrogens is 382 g/mol. The summed E-state index contributed by atoms with van der Waals surface area (Å²) in [5.41, 5.74) is 0.957. The molecule has 1 aromatic rings. The molecule has 1 aliphatic carbocycles. The monoisotopic (exact) mass is 415 g/mol. The van der Waals surface area contributed by atoms with Crippen molar-refractivity contribution in [2.24, 2.45) is 11.8 Å². The zero-order valence-corrected chi connectivity index (χ0v) is 19.1. The van der Waals surface area contributed by atoms with E-state index in [1.54, 1.807) is 4.90 Å². The number of piperidine rings is 1. The molecule has 1 N–H and O–H groups in total. The first-order valence-electron chi connectivity index (χ1n) is 10.5. The molecule has 1 amide bonds. The van der Waals surface area contributed by atoms with Gasteiger partial charge in [-0.1, -0.05) is 51.1 Å². The van der Waals surface area contributed by atoms with E-state index in [0.717, 1.165) is 24.2 Å². The third-order valence-corrected chi connectivity index (χ3v) is 11.1. The summed E-state index contributed by atoms with van der Waals surface area (Å²) in [5, 5.41) is 9.92. The van der Waals surface area contributed by atoms with E-state index in [9.17, 15) is 14.7 Å². The maximum Gasteiger partial charge on any atom is 0.326 e. The first kappa shape index (κ1) is 21.6. The summed E-state index contributed by atoms with van der Waals surface area (Å²) < 4.78 is 6.47. The van der Waals surface area contributed by atoms with Gasteiger partial charge >= 0.3 is 5.97 Å². The van der Waals surface area contributed by atoms with Crippen LogP contribution in [0.15, 0.2) is 42.2 Å². The first-order chi connectivity index (χ1) is 13.5. The molecule has 1 heterocycles. The van der Waals surface area contributed by atoms with Gasteiger partial charge < -0.3 is 14.4 Å². The normalized spacial score (nSPS) is 25.3. The van der Waals surface area contributed by atoms with Gasteiger partial charge in [0.25, 0.3) is 0 Å². The van der Waals surface area contributed by atoms with E-state index in [0.29, 0.717) is 13.0 Å². The second-order valence-corrected chi connectivity index (χ2v) is 14.6. The van der Waals surface area contributed by atoms with Crippen LogP contribution in [0, 0.1) is 11.8 Å². The lowest BCUT2D eigenvalue weighted by atomic mass is 9.75. The first-order valence-corrected chi connectivity index (χ1v) is 13.4.